The summed E-state index contributed by atoms with van der Waals surface area (Å²) in [6, 6.07) is 53.7. The summed E-state index contributed by atoms with van der Waals surface area (Å²) in [4.78, 5) is 2.55. The van der Waals surface area contributed by atoms with Crippen molar-refractivity contribution in [3.8, 4) is 0 Å². The van der Waals surface area contributed by atoms with Crippen molar-refractivity contribution in [3.05, 3.63) is 186 Å². The van der Waals surface area contributed by atoms with E-state index >= 15 is 0 Å². The Balaban J connectivity index is 1.20. The molecule has 0 fully saturated rings. The van der Waals surface area contributed by atoms with E-state index in [1.165, 1.54) is 82.4 Å². The molecule has 246 valence electrons. The molecule has 52 heavy (non-hydrogen) atoms. The van der Waals surface area contributed by atoms with Gasteiger partial charge >= 0.3 is 0 Å². The highest BCUT2D eigenvalue weighted by Gasteiger charge is 2.30. The molecule has 1 unspecified atom stereocenters. The van der Waals surface area contributed by atoms with E-state index in [0.29, 0.717) is 0 Å². The molecular formula is C50H35NO. The SMILES string of the molecule is C1=Cc2ccc3c(N(c4ccccc4C4CC=Cc5c4oc4c5ccc5ccccc54)c4cc5ccccc5c5ccccc45)cccc3c2CC1. The second-order valence-corrected chi connectivity index (χ2v) is 14.2. The molecule has 0 amide bonds. The number of anilines is 3. The lowest BCUT2D eigenvalue weighted by molar-refractivity contribution is 0.519. The van der Waals surface area contributed by atoms with Crippen LogP contribution in [0.2, 0.25) is 0 Å². The molecule has 1 atom stereocenters. The molecule has 0 N–H and O–H groups in total. The minimum absolute atomic E-state index is 0.0458. The van der Waals surface area contributed by atoms with E-state index < -0.39 is 0 Å². The minimum atomic E-state index is 0.0458. The topological polar surface area (TPSA) is 16.4 Å². The molecule has 0 bridgehead atoms. The van der Waals surface area contributed by atoms with Crippen LogP contribution in [0.3, 0.4) is 0 Å². The van der Waals surface area contributed by atoms with Crippen LogP contribution in [-0.2, 0) is 6.42 Å². The molecule has 0 saturated carbocycles. The van der Waals surface area contributed by atoms with Crippen LogP contribution in [0.5, 0.6) is 0 Å². The Morgan fingerprint density at radius 1 is 0.500 bits per heavy atom. The van der Waals surface area contributed by atoms with Crippen LogP contribution in [0.4, 0.5) is 17.1 Å². The van der Waals surface area contributed by atoms with Gasteiger partial charge in [0, 0.05) is 33.0 Å². The average Bonchev–Trinajstić information content (AvgIpc) is 3.61. The predicted octanol–water partition coefficient (Wildman–Crippen LogP) is 14.0. The van der Waals surface area contributed by atoms with Crippen LogP contribution < -0.4 is 4.90 Å². The third-order valence-electron chi connectivity index (χ3n) is 11.4. The standard InChI is InChI=1S/C50H35NO/c1-4-16-35-32(13-1)27-29-42-39(35)22-12-26-47(42)51(48-31-34-15-3-5-17-36(34)38-19-7-8-20-40(38)48)46-25-10-9-21-41(46)43-23-11-24-44-45-30-28-33-14-2-6-18-37(33)49(45)52-50(43)44/h1-3,5-15,17-22,24-31,43H,4,16,23H2. The summed E-state index contributed by atoms with van der Waals surface area (Å²) < 4.78 is 7.00. The zero-order valence-corrected chi connectivity index (χ0v) is 28.7. The molecule has 1 heterocycles. The molecule has 2 aliphatic rings. The number of benzene rings is 8. The van der Waals surface area contributed by atoms with Crippen molar-refractivity contribution in [1.82, 2.24) is 0 Å². The van der Waals surface area contributed by atoms with E-state index in [-0.39, 0.29) is 5.92 Å². The van der Waals surface area contributed by atoms with Crippen molar-refractivity contribution in [3.63, 3.8) is 0 Å². The van der Waals surface area contributed by atoms with Crippen LogP contribution in [0.25, 0.3) is 66.2 Å². The summed E-state index contributed by atoms with van der Waals surface area (Å²) in [5.74, 6) is 1.09. The van der Waals surface area contributed by atoms with Gasteiger partial charge in [-0.3, -0.25) is 0 Å². The quantitative estimate of drug-likeness (QED) is 0.174. The first-order valence-corrected chi connectivity index (χ1v) is 18.4. The van der Waals surface area contributed by atoms with Gasteiger partial charge in [0.2, 0.25) is 0 Å². The van der Waals surface area contributed by atoms with Crippen LogP contribution >= 0.6 is 0 Å². The normalized spacial score (nSPS) is 15.1. The molecule has 2 nitrogen and oxygen atoms in total. The number of hydrogen-bond donors (Lipinski definition) is 0. The molecule has 2 aliphatic carbocycles. The fourth-order valence-electron chi connectivity index (χ4n) is 9.07. The molecule has 8 aromatic carbocycles. The maximum absolute atomic E-state index is 7.00. The Labute approximate surface area is 302 Å². The van der Waals surface area contributed by atoms with E-state index in [4.69, 9.17) is 4.42 Å². The molecule has 1 aromatic heterocycles. The number of rotatable bonds is 4. The van der Waals surface area contributed by atoms with Crippen LogP contribution in [-0.4, -0.2) is 0 Å². The van der Waals surface area contributed by atoms with Gasteiger partial charge < -0.3 is 9.32 Å². The fourth-order valence-corrected chi connectivity index (χ4v) is 9.07. The smallest absolute Gasteiger partial charge is 0.142 e. The van der Waals surface area contributed by atoms with E-state index in [9.17, 15) is 0 Å². The minimum Gasteiger partial charge on any atom is -0.459 e. The number of nitrogens with zero attached hydrogens (tertiary/aromatic N) is 1. The summed E-state index contributed by atoms with van der Waals surface area (Å²) in [5, 5.41) is 11.1. The van der Waals surface area contributed by atoms with Crippen molar-refractivity contribution in [2.24, 2.45) is 0 Å². The number of aryl methyl sites for hydroxylation is 1. The molecule has 0 radical (unpaired) electrons. The predicted molar refractivity (Wildman–Crippen MR) is 220 cm³/mol. The summed E-state index contributed by atoms with van der Waals surface area (Å²) in [6.07, 6.45) is 12.2. The fraction of sp³-hybridized carbons (Fsp3) is 0.0800. The Morgan fingerprint density at radius 3 is 2.13 bits per heavy atom. The van der Waals surface area contributed by atoms with Crippen molar-refractivity contribution < 1.29 is 4.42 Å². The van der Waals surface area contributed by atoms with Gasteiger partial charge in [0.15, 0.2) is 0 Å². The molecule has 11 rings (SSSR count). The van der Waals surface area contributed by atoms with Crippen LogP contribution in [0.15, 0.2) is 162 Å². The highest BCUT2D eigenvalue weighted by atomic mass is 16.3. The van der Waals surface area contributed by atoms with Crippen molar-refractivity contribution in [2.75, 3.05) is 4.90 Å². The zero-order chi connectivity index (χ0) is 34.2. The largest absolute Gasteiger partial charge is 0.459 e. The van der Waals surface area contributed by atoms with Gasteiger partial charge in [-0.2, -0.15) is 0 Å². The van der Waals surface area contributed by atoms with E-state index in [1.807, 2.05) is 0 Å². The highest BCUT2D eigenvalue weighted by Crippen LogP contribution is 2.50. The van der Waals surface area contributed by atoms with Gasteiger partial charge in [0.1, 0.15) is 11.3 Å². The van der Waals surface area contributed by atoms with Gasteiger partial charge in [-0.25, -0.2) is 0 Å². The summed E-state index contributed by atoms with van der Waals surface area (Å²) >= 11 is 0. The number of allylic oxidation sites excluding steroid dienone is 2. The first-order valence-electron chi connectivity index (χ1n) is 18.4. The van der Waals surface area contributed by atoms with E-state index in [1.54, 1.807) is 0 Å². The Hall–Kier alpha value is -6.38. The maximum Gasteiger partial charge on any atom is 0.142 e. The Bertz CT molecular complexity index is 2960. The van der Waals surface area contributed by atoms with Crippen molar-refractivity contribution in [1.29, 1.82) is 0 Å². The number of para-hydroxylation sites is 1. The highest BCUT2D eigenvalue weighted by molar-refractivity contribution is 6.16. The van der Waals surface area contributed by atoms with Crippen LogP contribution in [0.1, 0.15) is 46.8 Å². The average molecular weight is 666 g/mol. The molecule has 0 aliphatic heterocycles. The molecule has 0 saturated heterocycles. The van der Waals surface area contributed by atoms with Crippen molar-refractivity contribution >= 4 is 83.3 Å². The maximum atomic E-state index is 7.00. The van der Waals surface area contributed by atoms with Gasteiger partial charge in [-0.15, -0.1) is 0 Å². The van der Waals surface area contributed by atoms with Gasteiger partial charge in [-0.05, 0) is 87.1 Å². The monoisotopic (exact) mass is 665 g/mol. The van der Waals surface area contributed by atoms with Gasteiger partial charge in [0.25, 0.3) is 0 Å². The zero-order valence-electron chi connectivity index (χ0n) is 28.7. The Kier molecular flexibility index (Phi) is 6.54. The molecular weight excluding hydrogens is 631 g/mol. The van der Waals surface area contributed by atoms with E-state index in [0.717, 1.165) is 36.0 Å². The first kappa shape index (κ1) is 29.4. The summed E-state index contributed by atoms with van der Waals surface area (Å²) in [6.45, 7) is 0. The second kappa shape index (κ2) is 11.6. The molecule has 2 heteroatoms. The summed E-state index contributed by atoms with van der Waals surface area (Å²) in [7, 11) is 0. The molecule has 9 aromatic rings. The lowest BCUT2D eigenvalue weighted by atomic mass is 9.85. The summed E-state index contributed by atoms with van der Waals surface area (Å²) in [5.41, 5.74) is 9.73. The van der Waals surface area contributed by atoms with Gasteiger partial charge in [-0.1, -0.05) is 146 Å². The van der Waals surface area contributed by atoms with E-state index in [2.05, 4.69) is 175 Å². The third kappa shape index (κ3) is 4.37. The number of furan rings is 1. The van der Waals surface area contributed by atoms with Crippen molar-refractivity contribution in [2.45, 2.75) is 25.2 Å². The lowest BCUT2D eigenvalue weighted by Gasteiger charge is -2.32. The number of hydrogen-bond acceptors (Lipinski definition) is 2. The Morgan fingerprint density at radius 2 is 1.21 bits per heavy atom. The second-order valence-electron chi connectivity index (χ2n) is 14.2. The number of fused-ring (bicyclic) bond motifs is 11. The first-order chi connectivity index (χ1) is 25.8. The van der Waals surface area contributed by atoms with Crippen LogP contribution in [0, 0.1) is 0 Å². The van der Waals surface area contributed by atoms with Gasteiger partial charge in [0.05, 0.1) is 17.1 Å². The third-order valence-corrected chi connectivity index (χ3v) is 11.4. The molecule has 0 spiro atoms. The lowest BCUT2D eigenvalue weighted by Crippen LogP contribution is -2.16.